The zero-order valence-corrected chi connectivity index (χ0v) is 12.7. The monoisotopic (exact) mass is 290 g/mol. The Morgan fingerprint density at radius 2 is 2.29 bits per heavy atom. The summed E-state index contributed by atoms with van der Waals surface area (Å²) in [6.07, 6.45) is 6.96. The molecule has 0 saturated carbocycles. The summed E-state index contributed by atoms with van der Waals surface area (Å²) in [7, 11) is 0. The topological polar surface area (TPSA) is 72.1 Å². The van der Waals surface area contributed by atoms with Crippen LogP contribution in [0.15, 0.2) is 41.5 Å². The van der Waals surface area contributed by atoms with E-state index in [2.05, 4.69) is 36.4 Å². The summed E-state index contributed by atoms with van der Waals surface area (Å²) >= 11 is 0. The zero-order valence-electron chi connectivity index (χ0n) is 12.7. The summed E-state index contributed by atoms with van der Waals surface area (Å²) in [5, 5.41) is 5.82. The van der Waals surface area contributed by atoms with E-state index in [0.29, 0.717) is 13.1 Å². The van der Waals surface area contributed by atoms with Crippen LogP contribution in [0.3, 0.4) is 0 Å². The van der Waals surface area contributed by atoms with Crippen LogP contribution in [0.25, 0.3) is 0 Å². The van der Waals surface area contributed by atoms with Gasteiger partial charge in [0.15, 0.2) is 0 Å². The lowest BCUT2D eigenvalue weighted by Gasteiger charge is -2.31. The van der Waals surface area contributed by atoms with Crippen LogP contribution in [-0.2, 0) is 13.1 Å². The van der Waals surface area contributed by atoms with Crippen LogP contribution >= 0.6 is 0 Å². The van der Waals surface area contributed by atoms with Crippen molar-refractivity contribution >= 4 is 6.03 Å². The Kier molecular flexibility index (Phi) is 4.67. The first kappa shape index (κ1) is 15.2. The maximum absolute atomic E-state index is 12.0. The molecule has 0 aliphatic rings. The van der Waals surface area contributed by atoms with Crippen molar-refractivity contribution in [2.75, 3.05) is 0 Å². The van der Waals surface area contributed by atoms with E-state index in [4.69, 9.17) is 4.42 Å². The number of nitrogens with one attached hydrogen (secondary N) is 2. The van der Waals surface area contributed by atoms with Crippen molar-refractivity contribution in [1.82, 2.24) is 20.2 Å². The maximum Gasteiger partial charge on any atom is 0.315 e. The van der Waals surface area contributed by atoms with Crippen LogP contribution in [0.1, 0.15) is 26.5 Å². The van der Waals surface area contributed by atoms with E-state index < -0.39 is 0 Å². The van der Waals surface area contributed by atoms with Gasteiger partial charge in [0.25, 0.3) is 0 Å². The Morgan fingerprint density at radius 3 is 2.86 bits per heavy atom. The van der Waals surface area contributed by atoms with Gasteiger partial charge >= 0.3 is 6.03 Å². The molecule has 2 N–H and O–H groups in total. The number of imidazole rings is 1. The zero-order chi connectivity index (χ0) is 15.3. The normalized spacial score (nSPS) is 12.9. The van der Waals surface area contributed by atoms with Crippen molar-refractivity contribution in [2.24, 2.45) is 5.41 Å². The molecule has 0 spiro atoms. The SMILES string of the molecule is CC(C)(C)[C@@H](Cn1ccnc1)NC(=O)NCc1ccco1. The first-order valence-electron chi connectivity index (χ1n) is 6.97. The van der Waals surface area contributed by atoms with Crippen molar-refractivity contribution in [3.05, 3.63) is 42.9 Å². The van der Waals surface area contributed by atoms with Crippen LogP contribution < -0.4 is 10.6 Å². The molecule has 6 nitrogen and oxygen atoms in total. The molecule has 0 aliphatic carbocycles. The number of nitrogens with zero attached hydrogens (tertiary/aromatic N) is 2. The number of carbonyl (C=O) groups excluding carboxylic acids is 1. The number of hydrogen-bond donors (Lipinski definition) is 2. The third-order valence-electron chi connectivity index (χ3n) is 3.31. The molecule has 2 amide bonds. The molecular weight excluding hydrogens is 268 g/mol. The highest BCUT2D eigenvalue weighted by molar-refractivity contribution is 5.74. The molecule has 0 radical (unpaired) electrons. The van der Waals surface area contributed by atoms with Gasteiger partial charge in [-0.25, -0.2) is 9.78 Å². The second-order valence-electron chi connectivity index (χ2n) is 6.08. The maximum atomic E-state index is 12.0. The van der Waals surface area contributed by atoms with Gasteiger partial charge in [-0.2, -0.15) is 0 Å². The molecule has 0 bridgehead atoms. The van der Waals surface area contributed by atoms with Crippen molar-refractivity contribution < 1.29 is 9.21 Å². The van der Waals surface area contributed by atoms with Gasteiger partial charge in [-0.3, -0.25) is 0 Å². The Balaban J connectivity index is 1.90. The first-order valence-corrected chi connectivity index (χ1v) is 6.97. The minimum atomic E-state index is -0.202. The molecule has 1 atom stereocenters. The minimum Gasteiger partial charge on any atom is -0.467 e. The lowest BCUT2D eigenvalue weighted by Crippen LogP contribution is -2.49. The van der Waals surface area contributed by atoms with Gasteiger partial charge in [0.1, 0.15) is 5.76 Å². The van der Waals surface area contributed by atoms with Crippen LogP contribution in [0, 0.1) is 5.41 Å². The fourth-order valence-electron chi connectivity index (χ4n) is 1.93. The second kappa shape index (κ2) is 6.47. The van der Waals surface area contributed by atoms with Gasteiger partial charge in [-0.1, -0.05) is 20.8 Å². The third-order valence-corrected chi connectivity index (χ3v) is 3.31. The van der Waals surface area contributed by atoms with E-state index in [0.717, 1.165) is 5.76 Å². The lowest BCUT2D eigenvalue weighted by atomic mass is 9.86. The van der Waals surface area contributed by atoms with E-state index in [-0.39, 0.29) is 17.5 Å². The Hall–Kier alpha value is -2.24. The molecule has 2 aromatic rings. The molecule has 2 heterocycles. The number of rotatable bonds is 5. The fraction of sp³-hybridized carbons (Fsp3) is 0.467. The molecule has 0 unspecified atom stereocenters. The molecule has 114 valence electrons. The largest absolute Gasteiger partial charge is 0.467 e. The van der Waals surface area contributed by atoms with Gasteiger partial charge in [-0.15, -0.1) is 0 Å². The summed E-state index contributed by atoms with van der Waals surface area (Å²) in [5.41, 5.74) is -0.0632. The molecule has 0 fully saturated rings. The summed E-state index contributed by atoms with van der Waals surface area (Å²) in [6.45, 7) is 7.35. The van der Waals surface area contributed by atoms with Crippen molar-refractivity contribution in [3.63, 3.8) is 0 Å². The molecule has 6 heteroatoms. The predicted octanol–water partition coefficient (Wildman–Crippen LogP) is 2.39. The average Bonchev–Trinajstić information content (AvgIpc) is 3.07. The van der Waals surface area contributed by atoms with Crippen LogP contribution in [0.4, 0.5) is 4.79 Å². The highest BCUT2D eigenvalue weighted by Crippen LogP contribution is 2.20. The number of aromatic nitrogens is 2. The van der Waals surface area contributed by atoms with E-state index in [1.807, 2.05) is 16.8 Å². The molecule has 0 saturated heterocycles. The molecule has 0 aliphatic heterocycles. The van der Waals surface area contributed by atoms with Gasteiger partial charge in [0.2, 0.25) is 0 Å². The van der Waals surface area contributed by atoms with E-state index in [1.54, 1.807) is 24.9 Å². The summed E-state index contributed by atoms with van der Waals surface area (Å²) in [6, 6.07) is 3.41. The van der Waals surface area contributed by atoms with Gasteiger partial charge in [0.05, 0.1) is 25.2 Å². The molecule has 2 aromatic heterocycles. The average molecular weight is 290 g/mol. The number of carbonyl (C=O) groups is 1. The van der Waals surface area contributed by atoms with Gasteiger partial charge in [0, 0.05) is 18.9 Å². The molecule has 0 aromatic carbocycles. The van der Waals surface area contributed by atoms with Crippen molar-refractivity contribution in [1.29, 1.82) is 0 Å². The van der Waals surface area contributed by atoms with Crippen LogP contribution in [0.5, 0.6) is 0 Å². The Labute approximate surface area is 124 Å². The van der Waals surface area contributed by atoms with Crippen LogP contribution in [0.2, 0.25) is 0 Å². The number of hydrogen-bond acceptors (Lipinski definition) is 3. The van der Waals surface area contributed by atoms with E-state index in [1.165, 1.54) is 0 Å². The highest BCUT2D eigenvalue weighted by Gasteiger charge is 2.26. The van der Waals surface area contributed by atoms with Crippen LogP contribution in [-0.4, -0.2) is 21.6 Å². The van der Waals surface area contributed by atoms with Crippen molar-refractivity contribution in [3.8, 4) is 0 Å². The Morgan fingerprint density at radius 1 is 1.48 bits per heavy atom. The standard InChI is InChI=1S/C15H22N4O2/c1-15(2,3)13(10-19-7-6-16-11-19)18-14(20)17-9-12-5-4-8-21-12/h4-8,11,13H,9-10H2,1-3H3,(H2,17,18,20)/t13-/m1/s1. The van der Waals surface area contributed by atoms with Gasteiger partial charge < -0.3 is 19.6 Å². The van der Waals surface area contributed by atoms with Crippen molar-refractivity contribution in [2.45, 2.75) is 39.9 Å². The third kappa shape index (κ3) is 4.66. The quantitative estimate of drug-likeness (QED) is 0.888. The summed E-state index contributed by atoms with van der Waals surface area (Å²) < 4.78 is 7.15. The number of urea groups is 1. The lowest BCUT2D eigenvalue weighted by molar-refractivity contribution is 0.208. The van der Waals surface area contributed by atoms with E-state index in [9.17, 15) is 4.79 Å². The number of furan rings is 1. The smallest absolute Gasteiger partial charge is 0.315 e. The second-order valence-corrected chi connectivity index (χ2v) is 6.08. The highest BCUT2D eigenvalue weighted by atomic mass is 16.3. The summed E-state index contributed by atoms with van der Waals surface area (Å²) in [4.78, 5) is 16.1. The van der Waals surface area contributed by atoms with E-state index >= 15 is 0 Å². The Bertz CT molecular complexity index is 541. The first-order chi connectivity index (χ1) is 9.95. The molecular formula is C15H22N4O2. The number of amides is 2. The summed E-state index contributed by atoms with van der Waals surface area (Å²) in [5.74, 6) is 0.729. The van der Waals surface area contributed by atoms with Gasteiger partial charge in [-0.05, 0) is 17.5 Å². The molecule has 21 heavy (non-hydrogen) atoms. The predicted molar refractivity (Wildman–Crippen MR) is 79.5 cm³/mol. The molecule has 2 rings (SSSR count). The minimum absolute atomic E-state index is 0.0108. The fourth-order valence-corrected chi connectivity index (χ4v) is 1.93.